The fourth-order valence-corrected chi connectivity index (χ4v) is 2.60. The summed E-state index contributed by atoms with van der Waals surface area (Å²) in [5.41, 5.74) is 0.263. The highest BCUT2D eigenvalue weighted by molar-refractivity contribution is 5.19. The molecule has 0 radical (unpaired) electrons. The largest absolute Gasteiger partial charge is 0.396 e. The number of aliphatic hydroxyl groups is 1. The molecular formula is C14H19F2NO. The lowest BCUT2D eigenvalue weighted by Gasteiger charge is -2.39. The first kappa shape index (κ1) is 13.4. The minimum atomic E-state index is -0.797. The average molecular weight is 255 g/mol. The van der Waals surface area contributed by atoms with Gasteiger partial charge in [0.25, 0.3) is 0 Å². The van der Waals surface area contributed by atoms with Crippen molar-refractivity contribution in [3.8, 4) is 0 Å². The van der Waals surface area contributed by atoms with E-state index in [4.69, 9.17) is 0 Å². The second-order valence-corrected chi connectivity index (χ2v) is 5.50. The number of nitrogens with zero attached hydrogens (tertiary/aromatic N) is 1. The Morgan fingerprint density at radius 2 is 2.17 bits per heavy atom. The van der Waals surface area contributed by atoms with Crippen molar-refractivity contribution < 1.29 is 13.9 Å². The Morgan fingerprint density at radius 3 is 2.89 bits per heavy atom. The SMILES string of the molecule is CC1(CO)CCCN(Cc2cccc(F)c2F)C1. The van der Waals surface area contributed by atoms with Crippen molar-refractivity contribution in [2.45, 2.75) is 26.3 Å². The van der Waals surface area contributed by atoms with Gasteiger partial charge in [-0.25, -0.2) is 8.78 Å². The molecule has 18 heavy (non-hydrogen) atoms. The molecule has 0 aromatic heterocycles. The molecule has 2 nitrogen and oxygen atoms in total. The van der Waals surface area contributed by atoms with Gasteiger partial charge in [0, 0.05) is 30.7 Å². The zero-order valence-corrected chi connectivity index (χ0v) is 10.6. The summed E-state index contributed by atoms with van der Waals surface area (Å²) in [6, 6.07) is 4.28. The summed E-state index contributed by atoms with van der Waals surface area (Å²) >= 11 is 0. The van der Waals surface area contributed by atoms with Crippen LogP contribution >= 0.6 is 0 Å². The van der Waals surface area contributed by atoms with Crippen LogP contribution in [0.5, 0.6) is 0 Å². The molecular weight excluding hydrogens is 236 g/mol. The number of rotatable bonds is 3. The number of hydrogen-bond acceptors (Lipinski definition) is 2. The van der Waals surface area contributed by atoms with Crippen molar-refractivity contribution in [3.63, 3.8) is 0 Å². The predicted octanol–water partition coefficient (Wildman–Crippen LogP) is 2.56. The Balaban J connectivity index is 2.07. The van der Waals surface area contributed by atoms with Crippen LogP contribution in [0.3, 0.4) is 0 Å². The second-order valence-electron chi connectivity index (χ2n) is 5.50. The highest BCUT2D eigenvalue weighted by Crippen LogP contribution is 2.29. The lowest BCUT2D eigenvalue weighted by Crippen LogP contribution is -2.43. The quantitative estimate of drug-likeness (QED) is 0.897. The van der Waals surface area contributed by atoms with Gasteiger partial charge >= 0.3 is 0 Å². The zero-order valence-electron chi connectivity index (χ0n) is 10.6. The first-order valence-corrected chi connectivity index (χ1v) is 6.30. The lowest BCUT2D eigenvalue weighted by atomic mass is 9.82. The van der Waals surface area contributed by atoms with Gasteiger partial charge in [0.05, 0.1) is 0 Å². The summed E-state index contributed by atoms with van der Waals surface area (Å²) in [6.07, 6.45) is 1.96. The van der Waals surface area contributed by atoms with Crippen molar-refractivity contribution in [1.29, 1.82) is 0 Å². The van der Waals surface area contributed by atoms with Gasteiger partial charge in [-0.15, -0.1) is 0 Å². The molecule has 0 saturated carbocycles. The molecule has 1 heterocycles. The van der Waals surface area contributed by atoms with Gasteiger partial charge in [-0.2, -0.15) is 0 Å². The molecule has 100 valence electrons. The fourth-order valence-electron chi connectivity index (χ4n) is 2.60. The Hall–Kier alpha value is -1.00. The van der Waals surface area contributed by atoms with E-state index in [2.05, 4.69) is 4.90 Å². The minimum absolute atomic E-state index is 0.123. The van der Waals surface area contributed by atoms with Gasteiger partial charge in [0.1, 0.15) is 0 Å². The number of hydrogen-bond donors (Lipinski definition) is 1. The fraction of sp³-hybridized carbons (Fsp3) is 0.571. The molecule has 0 aliphatic carbocycles. The average Bonchev–Trinajstić information content (AvgIpc) is 2.35. The monoisotopic (exact) mass is 255 g/mol. The van der Waals surface area contributed by atoms with Gasteiger partial charge < -0.3 is 5.11 Å². The van der Waals surface area contributed by atoms with Gasteiger partial charge in [-0.3, -0.25) is 4.90 Å². The van der Waals surface area contributed by atoms with Crippen LogP contribution in [0.15, 0.2) is 18.2 Å². The van der Waals surface area contributed by atoms with E-state index in [0.717, 1.165) is 32.0 Å². The van der Waals surface area contributed by atoms with Crippen molar-refractivity contribution in [2.24, 2.45) is 5.41 Å². The number of piperidine rings is 1. The third kappa shape index (κ3) is 2.87. The summed E-state index contributed by atoms with van der Waals surface area (Å²) in [4.78, 5) is 2.08. The molecule has 1 aromatic carbocycles. The minimum Gasteiger partial charge on any atom is -0.396 e. The normalized spacial score (nSPS) is 25.3. The highest BCUT2D eigenvalue weighted by Gasteiger charge is 2.30. The molecule has 1 saturated heterocycles. The van der Waals surface area contributed by atoms with E-state index in [1.54, 1.807) is 6.07 Å². The van der Waals surface area contributed by atoms with E-state index < -0.39 is 11.6 Å². The maximum atomic E-state index is 13.6. The van der Waals surface area contributed by atoms with Crippen molar-refractivity contribution in [3.05, 3.63) is 35.4 Å². The first-order valence-electron chi connectivity index (χ1n) is 6.30. The van der Waals surface area contributed by atoms with Crippen LogP contribution in [0, 0.1) is 17.0 Å². The molecule has 1 aliphatic rings. The predicted molar refractivity (Wildman–Crippen MR) is 66.1 cm³/mol. The molecule has 1 fully saturated rings. The van der Waals surface area contributed by atoms with Crippen LogP contribution in [-0.2, 0) is 6.54 Å². The van der Waals surface area contributed by atoms with Gasteiger partial charge in [0.2, 0.25) is 0 Å². The molecule has 0 bridgehead atoms. The summed E-state index contributed by atoms with van der Waals surface area (Å²) in [5.74, 6) is -1.55. The molecule has 1 unspecified atom stereocenters. The Morgan fingerprint density at radius 1 is 1.39 bits per heavy atom. The van der Waals surface area contributed by atoms with Crippen LogP contribution in [0.1, 0.15) is 25.3 Å². The van der Waals surface area contributed by atoms with E-state index in [9.17, 15) is 13.9 Å². The number of benzene rings is 1. The maximum absolute atomic E-state index is 13.6. The number of halogens is 2. The molecule has 1 atom stereocenters. The van der Waals surface area contributed by atoms with Crippen molar-refractivity contribution in [2.75, 3.05) is 19.7 Å². The molecule has 4 heteroatoms. The van der Waals surface area contributed by atoms with Crippen molar-refractivity contribution in [1.82, 2.24) is 4.90 Å². The summed E-state index contributed by atoms with van der Waals surface area (Å²) < 4.78 is 26.7. The van der Waals surface area contributed by atoms with Gasteiger partial charge in [-0.1, -0.05) is 19.1 Å². The van der Waals surface area contributed by atoms with E-state index in [-0.39, 0.29) is 12.0 Å². The van der Waals surface area contributed by atoms with Crippen molar-refractivity contribution >= 4 is 0 Å². The lowest BCUT2D eigenvalue weighted by molar-refractivity contribution is 0.0424. The van der Waals surface area contributed by atoms with Crippen LogP contribution in [0.2, 0.25) is 0 Å². The third-order valence-electron chi connectivity index (χ3n) is 3.67. The van der Waals surface area contributed by atoms with E-state index in [1.807, 2.05) is 6.92 Å². The van der Waals surface area contributed by atoms with E-state index >= 15 is 0 Å². The smallest absolute Gasteiger partial charge is 0.163 e. The molecule has 1 N–H and O–H groups in total. The Labute approximate surface area is 106 Å². The van der Waals surface area contributed by atoms with Crippen LogP contribution in [-0.4, -0.2) is 29.7 Å². The van der Waals surface area contributed by atoms with Gasteiger partial charge in [-0.05, 0) is 25.5 Å². The molecule has 1 aromatic rings. The first-order chi connectivity index (χ1) is 8.54. The highest BCUT2D eigenvalue weighted by atomic mass is 19.2. The van der Waals surface area contributed by atoms with E-state index in [1.165, 1.54) is 6.07 Å². The van der Waals surface area contributed by atoms with Crippen LogP contribution < -0.4 is 0 Å². The molecule has 1 aliphatic heterocycles. The Bertz CT molecular complexity index is 424. The Kier molecular flexibility index (Phi) is 3.97. The topological polar surface area (TPSA) is 23.5 Å². The maximum Gasteiger partial charge on any atom is 0.163 e. The molecule has 2 rings (SSSR count). The third-order valence-corrected chi connectivity index (χ3v) is 3.67. The van der Waals surface area contributed by atoms with Gasteiger partial charge in [0.15, 0.2) is 11.6 Å². The van der Waals surface area contributed by atoms with Crippen LogP contribution in [0.4, 0.5) is 8.78 Å². The van der Waals surface area contributed by atoms with E-state index in [0.29, 0.717) is 12.1 Å². The second kappa shape index (κ2) is 5.33. The summed E-state index contributed by atoms with van der Waals surface area (Å²) in [5, 5.41) is 9.37. The number of likely N-dealkylation sites (tertiary alicyclic amines) is 1. The number of aliphatic hydroxyl groups excluding tert-OH is 1. The summed E-state index contributed by atoms with van der Waals surface area (Å²) in [7, 11) is 0. The van der Waals surface area contributed by atoms with Crippen LogP contribution in [0.25, 0.3) is 0 Å². The summed E-state index contributed by atoms with van der Waals surface area (Å²) in [6.45, 7) is 4.15. The molecule has 0 spiro atoms. The zero-order chi connectivity index (χ0) is 13.2. The molecule has 0 amide bonds. The standard InChI is InChI=1S/C14H19F2NO/c1-14(10-18)6-3-7-17(9-14)8-11-4-2-5-12(15)13(11)16/h2,4-5,18H,3,6-10H2,1H3.